The van der Waals surface area contributed by atoms with Crippen molar-refractivity contribution in [3.05, 3.63) is 65.2 Å². The number of carbonyl (C=O) groups excluding carboxylic acids is 3. The minimum absolute atomic E-state index is 0.00336. The Morgan fingerprint density at radius 3 is 1.81 bits per heavy atom. The number of esters is 1. The van der Waals surface area contributed by atoms with Crippen molar-refractivity contribution in [3.8, 4) is 5.75 Å². The third-order valence-electron chi connectivity index (χ3n) is 5.88. The summed E-state index contributed by atoms with van der Waals surface area (Å²) >= 11 is 0. The van der Waals surface area contributed by atoms with Crippen LogP contribution in [0.15, 0.2) is 48.5 Å². The Balaban J connectivity index is 1.37. The number of amides is 2. The molecule has 0 spiro atoms. The van der Waals surface area contributed by atoms with Gasteiger partial charge in [0, 0.05) is 24.2 Å². The van der Waals surface area contributed by atoms with Gasteiger partial charge in [-0.15, -0.1) is 0 Å². The number of rotatable bonds is 9. The highest BCUT2D eigenvalue weighted by molar-refractivity contribution is 5.95. The zero-order chi connectivity index (χ0) is 26.1. The molecular weight excluding hydrogens is 477 g/mol. The van der Waals surface area contributed by atoms with Crippen LogP contribution in [0.25, 0.3) is 0 Å². The molecule has 0 radical (unpaired) electrons. The van der Waals surface area contributed by atoms with E-state index in [9.17, 15) is 27.6 Å². The first-order valence-corrected chi connectivity index (χ1v) is 11.8. The monoisotopic (exact) mass is 506 g/mol. The molecule has 7 nitrogen and oxygen atoms in total. The molecule has 1 fully saturated rings. The zero-order valence-corrected chi connectivity index (χ0v) is 19.9. The molecule has 10 heteroatoms. The van der Waals surface area contributed by atoms with Crippen LogP contribution >= 0.6 is 0 Å². The fourth-order valence-electron chi connectivity index (χ4n) is 3.92. The molecule has 2 aromatic rings. The highest BCUT2D eigenvalue weighted by Crippen LogP contribution is 2.30. The quantitative estimate of drug-likeness (QED) is 0.389. The average Bonchev–Trinajstić information content (AvgIpc) is 2.87. The molecule has 0 saturated heterocycles. The SMILES string of the molecule is CCOC(=O)C1CCC(Oc2ccc(C(=O)NCCNC(=O)c3ccc(C(F)(F)F)cc3)cc2)CC1. The minimum atomic E-state index is -4.46. The average molecular weight is 507 g/mol. The summed E-state index contributed by atoms with van der Waals surface area (Å²) in [5.41, 5.74) is -0.314. The molecule has 1 aliphatic carbocycles. The molecule has 2 N–H and O–H groups in total. The minimum Gasteiger partial charge on any atom is -0.490 e. The Morgan fingerprint density at radius 2 is 1.33 bits per heavy atom. The number of benzene rings is 2. The van der Waals surface area contributed by atoms with Crippen LogP contribution in [-0.2, 0) is 15.7 Å². The molecule has 0 atom stereocenters. The van der Waals surface area contributed by atoms with E-state index in [0.29, 0.717) is 17.9 Å². The van der Waals surface area contributed by atoms with Gasteiger partial charge >= 0.3 is 12.1 Å². The summed E-state index contributed by atoms with van der Waals surface area (Å²) in [6.45, 7) is 2.43. The van der Waals surface area contributed by atoms with Crippen molar-refractivity contribution >= 4 is 17.8 Å². The summed E-state index contributed by atoms with van der Waals surface area (Å²) in [4.78, 5) is 36.2. The highest BCUT2D eigenvalue weighted by atomic mass is 19.4. The van der Waals surface area contributed by atoms with Gasteiger partial charge in [0.1, 0.15) is 5.75 Å². The van der Waals surface area contributed by atoms with Crippen molar-refractivity contribution in [3.63, 3.8) is 0 Å². The van der Waals surface area contributed by atoms with Gasteiger partial charge < -0.3 is 20.1 Å². The van der Waals surface area contributed by atoms with Crippen molar-refractivity contribution < 1.29 is 37.0 Å². The molecule has 0 aromatic heterocycles. The van der Waals surface area contributed by atoms with Crippen LogP contribution in [0.5, 0.6) is 5.75 Å². The molecule has 194 valence electrons. The topological polar surface area (TPSA) is 93.7 Å². The second-order valence-corrected chi connectivity index (χ2v) is 8.45. The van der Waals surface area contributed by atoms with E-state index in [2.05, 4.69) is 10.6 Å². The van der Waals surface area contributed by atoms with Crippen molar-refractivity contribution in [1.29, 1.82) is 0 Å². The van der Waals surface area contributed by atoms with Gasteiger partial charge in [0.15, 0.2) is 0 Å². The number of carbonyl (C=O) groups is 3. The standard InChI is InChI=1S/C26H29F3N2O5/c1-2-35-25(34)19-7-13-22(14-8-19)36-21-11-5-18(6-12-21)24(33)31-16-15-30-23(32)17-3-9-20(10-4-17)26(27,28)29/h3-6,9-12,19,22H,2,7-8,13-16H2,1H3,(H,30,32)(H,31,33). The van der Waals surface area contributed by atoms with Gasteiger partial charge in [-0.25, -0.2) is 0 Å². The number of alkyl halides is 3. The Bertz CT molecular complexity index is 1030. The van der Waals surface area contributed by atoms with Crippen LogP contribution < -0.4 is 15.4 Å². The van der Waals surface area contributed by atoms with Crippen LogP contribution in [0.2, 0.25) is 0 Å². The summed E-state index contributed by atoms with van der Waals surface area (Å²) in [6, 6.07) is 10.6. The Morgan fingerprint density at radius 1 is 0.833 bits per heavy atom. The molecule has 2 aromatic carbocycles. The molecule has 0 heterocycles. The summed E-state index contributed by atoms with van der Waals surface area (Å²) in [5.74, 6) is -0.452. The second kappa shape index (κ2) is 12.4. The molecule has 1 aliphatic rings. The van der Waals surface area contributed by atoms with Crippen LogP contribution in [0.3, 0.4) is 0 Å². The van der Waals surface area contributed by atoms with E-state index < -0.39 is 17.6 Å². The fraction of sp³-hybridized carbons (Fsp3) is 0.423. The zero-order valence-electron chi connectivity index (χ0n) is 19.9. The van der Waals surface area contributed by atoms with Crippen molar-refractivity contribution in [2.45, 2.75) is 44.9 Å². The second-order valence-electron chi connectivity index (χ2n) is 8.45. The lowest BCUT2D eigenvalue weighted by atomic mass is 9.87. The Labute approximate surface area is 207 Å². The maximum absolute atomic E-state index is 12.6. The van der Waals surface area contributed by atoms with Gasteiger partial charge in [0.2, 0.25) is 0 Å². The Hall–Kier alpha value is -3.56. The van der Waals surface area contributed by atoms with Gasteiger partial charge in [0.05, 0.1) is 24.2 Å². The van der Waals surface area contributed by atoms with E-state index in [0.717, 1.165) is 49.9 Å². The highest BCUT2D eigenvalue weighted by Gasteiger charge is 2.30. The molecule has 2 amide bonds. The number of hydrogen-bond donors (Lipinski definition) is 2. The summed E-state index contributed by atoms with van der Waals surface area (Å²) < 4.78 is 48.9. The molecule has 36 heavy (non-hydrogen) atoms. The van der Waals surface area contributed by atoms with Crippen molar-refractivity contribution in [2.75, 3.05) is 19.7 Å². The number of ether oxygens (including phenoxy) is 2. The normalized spacial score (nSPS) is 17.7. The lowest BCUT2D eigenvalue weighted by molar-refractivity contribution is -0.149. The maximum Gasteiger partial charge on any atom is 0.416 e. The third-order valence-corrected chi connectivity index (χ3v) is 5.88. The lowest BCUT2D eigenvalue weighted by Gasteiger charge is -2.27. The third kappa shape index (κ3) is 7.73. The molecule has 0 aliphatic heterocycles. The van der Waals surface area contributed by atoms with E-state index in [1.807, 2.05) is 0 Å². The van der Waals surface area contributed by atoms with Crippen LogP contribution in [0.4, 0.5) is 13.2 Å². The maximum atomic E-state index is 12.6. The van der Waals surface area contributed by atoms with Crippen LogP contribution in [0, 0.1) is 5.92 Å². The predicted octanol–water partition coefficient (Wildman–Crippen LogP) is 4.37. The lowest BCUT2D eigenvalue weighted by Crippen LogP contribution is -2.34. The largest absolute Gasteiger partial charge is 0.490 e. The molecule has 1 saturated carbocycles. The predicted molar refractivity (Wildman–Crippen MR) is 126 cm³/mol. The van der Waals surface area contributed by atoms with E-state index in [4.69, 9.17) is 9.47 Å². The summed E-state index contributed by atoms with van der Waals surface area (Å²) in [6.07, 6.45) is -1.51. The van der Waals surface area contributed by atoms with Crippen LogP contribution in [0.1, 0.15) is 58.9 Å². The van der Waals surface area contributed by atoms with Gasteiger partial charge in [0.25, 0.3) is 11.8 Å². The van der Waals surface area contributed by atoms with Gasteiger partial charge in [-0.1, -0.05) is 0 Å². The summed E-state index contributed by atoms with van der Waals surface area (Å²) in [5, 5.41) is 5.23. The Kier molecular flexibility index (Phi) is 9.32. The molecular formula is C26H29F3N2O5. The molecule has 3 rings (SSSR count). The number of hydrogen-bond acceptors (Lipinski definition) is 5. The molecule has 0 bridgehead atoms. The first kappa shape index (κ1) is 27.0. The first-order valence-electron chi connectivity index (χ1n) is 11.8. The van der Waals surface area contributed by atoms with Gasteiger partial charge in [-0.3, -0.25) is 14.4 Å². The van der Waals surface area contributed by atoms with E-state index in [1.165, 1.54) is 0 Å². The summed E-state index contributed by atoms with van der Waals surface area (Å²) in [7, 11) is 0. The van der Waals surface area contributed by atoms with Crippen molar-refractivity contribution in [2.24, 2.45) is 5.92 Å². The smallest absolute Gasteiger partial charge is 0.416 e. The van der Waals surface area contributed by atoms with E-state index >= 15 is 0 Å². The number of nitrogens with one attached hydrogen (secondary N) is 2. The molecule has 0 unspecified atom stereocenters. The van der Waals surface area contributed by atoms with Gasteiger partial charge in [-0.2, -0.15) is 13.2 Å². The van der Waals surface area contributed by atoms with Crippen molar-refractivity contribution in [1.82, 2.24) is 10.6 Å². The fourth-order valence-corrected chi connectivity index (χ4v) is 3.92. The number of halogens is 3. The first-order chi connectivity index (χ1) is 17.2. The van der Waals surface area contributed by atoms with Gasteiger partial charge in [-0.05, 0) is 81.1 Å². The van der Waals surface area contributed by atoms with Crippen LogP contribution in [-0.4, -0.2) is 43.6 Å². The van der Waals surface area contributed by atoms with E-state index in [-0.39, 0.29) is 42.6 Å². The van der Waals surface area contributed by atoms with E-state index in [1.54, 1.807) is 31.2 Å².